The van der Waals surface area contributed by atoms with E-state index in [0.717, 1.165) is 17.7 Å². The van der Waals surface area contributed by atoms with Crippen molar-refractivity contribution in [3.8, 4) is 0 Å². The second kappa shape index (κ2) is 6.00. The molecule has 1 fully saturated rings. The zero-order valence-electron chi connectivity index (χ0n) is 10.1. The second-order valence-corrected chi connectivity index (χ2v) is 5.65. The molecular formula is C13H17NO3S. The minimum Gasteiger partial charge on any atom is -0.481 e. The first-order valence-electron chi connectivity index (χ1n) is 6.21. The van der Waals surface area contributed by atoms with Crippen LogP contribution in [-0.2, 0) is 9.59 Å². The van der Waals surface area contributed by atoms with Gasteiger partial charge in [-0.2, -0.15) is 0 Å². The van der Waals surface area contributed by atoms with Crippen LogP contribution in [0.25, 0.3) is 0 Å². The summed E-state index contributed by atoms with van der Waals surface area (Å²) in [4.78, 5) is 23.3. The molecule has 0 radical (unpaired) electrons. The Labute approximate surface area is 110 Å². The van der Waals surface area contributed by atoms with Crippen LogP contribution in [0.15, 0.2) is 17.5 Å². The number of hydrogen-bond acceptors (Lipinski definition) is 3. The molecule has 1 heterocycles. The van der Waals surface area contributed by atoms with E-state index in [1.54, 1.807) is 11.3 Å². The van der Waals surface area contributed by atoms with Crippen molar-refractivity contribution in [3.63, 3.8) is 0 Å². The summed E-state index contributed by atoms with van der Waals surface area (Å²) >= 11 is 1.62. The number of carbonyl (C=O) groups is 2. The molecule has 5 heteroatoms. The molecule has 1 aromatic heterocycles. The third-order valence-corrected chi connectivity index (χ3v) is 4.30. The average molecular weight is 267 g/mol. The molecule has 1 aliphatic rings. The lowest BCUT2D eigenvalue weighted by Crippen LogP contribution is -2.33. The fourth-order valence-electron chi connectivity index (χ4n) is 2.54. The second-order valence-electron chi connectivity index (χ2n) is 4.68. The van der Waals surface area contributed by atoms with Gasteiger partial charge in [-0.15, -0.1) is 11.3 Å². The maximum absolute atomic E-state index is 11.6. The molecule has 0 saturated heterocycles. The summed E-state index contributed by atoms with van der Waals surface area (Å²) < 4.78 is 0. The molecule has 4 nitrogen and oxygen atoms in total. The van der Waals surface area contributed by atoms with Gasteiger partial charge in [0.2, 0.25) is 5.91 Å². The van der Waals surface area contributed by atoms with Gasteiger partial charge >= 0.3 is 5.97 Å². The van der Waals surface area contributed by atoms with E-state index in [-0.39, 0.29) is 6.04 Å². The smallest absolute Gasteiger partial charge is 0.312 e. The predicted octanol–water partition coefficient (Wildman–Crippen LogP) is 2.57. The van der Waals surface area contributed by atoms with Gasteiger partial charge < -0.3 is 10.4 Å². The average Bonchev–Trinajstić information content (AvgIpc) is 2.98. The first-order chi connectivity index (χ1) is 8.66. The highest BCUT2D eigenvalue weighted by Crippen LogP contribution is 2.37. The highest BCUT2D eigenvalue weighted by molar-refractivity contribution is 7.10. The number of carboxylic acid groups (broad SMARTS) is 1. The lowest BCUT2D eigenvalue weighted by molar-refractivity contribution is -0.141. The van der Waals surface area contributed by atoms with Crippen LogP contribution in [0.2, 0.25) is 0 Å². The molecule has 1 unspecified atom stereocenters. The molecule has 1 amide bonds. The molecule has 1 saturated carbocycles. The normalized spacial score (nSPS) is 17.6. The fraction of sp³-hybridized carbons (Fsp3) is 0.538. The van der Waals surface area contributed by atoms with Gasteiger partial charge in [-0.1, -0.05) is 18.9 Å². The molecule has 1 atom stereocenters. The number of nitrogens with one attached hydrogen (secondary N) is 1. The van der Waals surface area contributed by atoms with Crippen molar-refractivity contribution in [3.05, 3.63) is 22.4 Å². The van der Waals surface area contributed by atoms with E-state index in [1.807, 2.05) is 17.5 Å². The first kappa shape index (κ1) is 13.1. The fourth-order valence-corrected chi connectivity index (χ4v) is 3.41. The van der Waals surface area contributed by atoms with Gasteiger partial charge in [0.05, 0.1) is 6.04 Å². The predicted molar refractivity (Wildman–Crippen MR) is 69.4 cm³/mol. The molecule has 0 aromatic carbocycles. The third kappa shape index (κ3) is 3.32. The molecule has 98 valence electrons. The third-order valence-electron chi connectivity index (χ3n) is 3.35. The lowest BCUT2D eigenvalue weighted by atomic mass is 9.96. The zero-order valence-corrected chi connectivity index (χ0v) is 10.9. The first-order valence-corrected chi connectivity index (χ1v) is 7.09. The van der Waals surface area contributed by atoms with Crippen LogP contribution in [0.3, 0.4) is 0 Å². The molecule has 1 aromatic rings. The Hall–Kier alpha value is -1.36. The summed E-state index contributed by atoms with van der Waals surface area (Å²) in [5, 5.41) is 13.5. The molecule has 2 rings (SSSR count). The molecule has 2 N–H and O–H groups in total. The number of amides is 1. The minimum absolute atomic E-state index is 0.0145. The molecule has 1 aliphatic carbocycles. The lowest BCUT2D eigenvalue weighted by Gasteiger charge is -2.23. The molecule has 18 heavy (non-hydrogen) atoms. The number of thiophene rings is 1. The standard InChI is InChI=1S/C13H17NO3S/c15-11(8-12(16)17)14-13(9-4-1-2-5-9)10-6-3-7-18-10/h3,6-7,9,13H,1-2,4-5,8H2,(H,14,15)(H,16,17). The van der Waals surface area contributed by atoms with E-state index in [2.05, 4.69) is 5.32 Å². The van der Waals surface area contributed by atoms with Crippen molar-refractivity contribution in [2.24, 2.45) is 5.92 Å². The molecular weight excluding hydrogens is 250 g/mol. The van der Waals surface area contributed by atoms with E-state index in [1.165, 1.54) is 12.8 Å². The van der Waals surface area contributed by atoms with Crippen LogP contribution >= 0.6 is 11.3 Å². The van der Waals surface area contributed by atoms with E-state index in [9.17, 15) is 9.59 Å². The van der Waals surface area contributed by atoms with Crippen molar-refractivity contribution in [1.82, 2.24) is 5.32 Å². The number of carboxylic acids is 1. The zero-order chi connectivity index (χ0) is 13.0. The summed E-state index contributed by atoms with van der Waals surface area (Å²) in [5.74, 6) is -1.03. The van der Waals surface area contributed by atoms with Crippen LogP contribution in [-0.4, -0.2) is 17.0 Å². The molecule has 0 spiro atoms. The molecule has 0 aliphatic heterocycles. The summed E-state index contributed by atoms with van der Waals surface area (Å²) in [6.07, 6.45) is 4.16. The Morgan fingerprint density at radius 3 is 2.72 bits per heavy atom. The van der Waals surface area contributed by atoms with Gasteiger partial charge in [-0.05, 0) is 30.2 Å². The number of carbonyl (C=O) groups excluding carboxylic acids is 1. The van der Waals surface area contributed by atoms with Crippen molar-refractivity contribution in [2.75, 3.05) is 0 Å². The Kier molecular flexibility index (Phi) is 4.36. The highest BCUT2D eigenvalue weighted by Gasteiger charge is 2.28. The summed E-state index contributed by atoms with van der Waals surface area (Å²) in [7, 11) is 0. The van der Waals surface area contributed by atoms with Crippen LogP contribution in [0.4, 0.5) is 0 Å². The quantitative estimate of drug-likeness (QED) is 0.806. The maximum atomic E-state index is 11.6. The summed E-state index contributed by atoms with van der Waals surface area (Å²) in [5.41, 5.74) is 0. The van der Waals surface area contributed by atoms with E-state index in [4.69, 9.17) is 5.11 Å². The number of rotatable bonds is 5. The molecule has 0 bridgehead atoms. The Bertz CT molecular complexity index is 410. The van der Waals surface area contributed by atoms with Crippen LogP contribution in [0, 0.1) is 5.92 Å². The van der Waals surface area contributed by atoms with Crippen LogP contribution in [0.1, 0.15) is 43.0 Å². The number of hydrogen-bond donors (Lipinski definition) is 2. The van der Waals surface area contributed by atoms with Crippen molar-refractivity contribution in [2.45, 2.75) is 38.1 Å². The van der Waals surface area contributed by atoms with Crippen molar-refractivity contribution in [1.29, 1.82) is 0 Å². The summed E-state index contributed by atoms with van der Waals surface area (Å²) in [6.45, 7) is 0. The van der Waals surface area contributed by atoms with Gasteiger partial charge in [0.25, 0.3) is 0 Å². The van der Waals surface area contributed by atoms with Gasteiger partial charge in [-0.25, -0.2) is 0 Å². The minimum atomic E-state index is -1.08. The Morgan fingerprint density at radius 1 is 1.44 bits per heavy atom. The van der Waals surface area contributed by atoms with Gasteiger partial charge in [-0.3, -0.25) is 9.59 Å². The topological polar surface area (TPSA) is 66.4 Å². The maximum Gasteiger partial charge on any atom is 0.312 e. The monoisotopic (exact) mass is 267 g/mol. The van der Waals surface area contributed by atoms with E-state index < -0.39 is 18.3 Å². The van der Waals surface area contributed by atoms with E-state index in [0.29, 0.717) is 5.92 Å². The largest absolute Gasteiger partial charge is 0.481 e. The van der Waals surface area contributed by atoms with Crippen LogP contribution in [0.5, 0.6) is 0 Å². The van der Waals surface area contributed by atoms with Gasteiger partial charge in [0, 0.05) is 4.88 Å². The van der Waals surface area contributed by atoms with Crippen LogP contribution < -0.4 is 5.32 Å². The SMILES string of the molecule is O=C(O)CC(=O)NC(c1cccs1)C1CCCC1. The Balaban J connectivity index is 2.05. The van der Waals surface area contributed by atoms with Crippen molar-refractivity contribution < 1.29 is 14.7 Å². The Morgan fingerprint density at radius 2 is 2.17 bits per heavy atom. The van der Waals surface area contributed by atoms with Gasteiger partial charge in [0.1, 0.15) is 6.42 Å². The van der Waals surface area contributed by atoms with E-state index >= 15 is 0 Å². The van der Waals surface area contributed by atoms with Crippen molar-refractivity contribution >= 4 is 23.2 Å². The highest BCUT2D eigenvalue weighted by atomic mass is 32.1. The summed E-state index contributed by atoms with van der Waals surface area (Å²) in [6, 6.07) is 3.96. The van der Waals surface area contributed by atoms with Gasteiger partial charge in [0.15, 0.2) is 0 Å². The number of aliphatic carboxylic acids is 1.